The van der Waals surface area contributed by atoms with Crippen molar-refractivity contribution in [2.24, 2.45) is 11.7 Å². The van der Waals surface area contributed by atoms with Crippen molar-refractivity contribution >= 4 is 18.3 Å². The van der Waals surface area contributed by atoms with Gasteiger partial charge in [0.2, 0.25) is 5.91 Å². The zero-order valence-electron chi connectivity index (χ0n) is 13.6. The van der Waals surface area contributed by atoms with Crippen LogP contribution in [0.1, 0.15) is 38.7 Å². The van der Waals surface area contributed by atoms with Gasteiger partial charge in [0.05, 0.1) is 12.6 Å². The number of benzene rings is 1. The first-order chi connectivity index (χ1) is 10.1. The fraction of sp³-hybridized carbons (Fsp3) is 0.588. The Kier molecular flexibility index (Phi) is 11.8. The van der Waals surface area contributed by atoms with Crippen LogP contribution in [0.2, 0.25) is 0 Å². The monoisotopic (exact) mass is 328 g/mol. The number of nitrogens with one attached hydrogen (secondary N) is 1. The number of carbonyl (C=O) groups is 1. The highest BCUT2D eigenvalue weighted by Gasteiger charge is 2.13. The van der Waals surface area contributed by atoms with Crippen LogP contribution >= 0.6 is 12.4 Å². The summed E-state index contributed by atoms with van der Waals surface area (Å²) in [5.41, 5.74) is 6.99. The van der Waals surface area contributed by atoms with Crippen LogP contribution in [0.5, 0.6) is 0 Å². The average Bonchev–Trinajstić information content (AvgIpc) is 2.46. The van der Waals surface area contributed by atoms with Gasteiger partial charge in [0.25, 0.3) is 0 Å². The van der Waals surface area contributed by atoms with Gasteiger partial charge in [-0.1, -0.05) is 44.2 Å². The molecule has 0 saturated heterocycles. The van der Waals surface area contributed by atoms with Crippen molar-refractivity contribution in [3.05, 3.63) is 35.9 Å². The fourth-order valence-corrected chi connectivity index (χ4v) is 2.05. The molecule has 0 spiro atoms. The summed E-state index contributed by atoms with van der Waals surface area (Å²) in [7, 11) is 0. The van der Waals surface area contributed by atoms with E-state index >= 15 is 0 Å². The molecule has 0 unspecified atom stereocenters. The molecule has 5 heteroatoms. The van der Waals surface area contributed by atoms with Gasteiger partial charge in [-0.3, -0.25) is 4.79 Å². The number of halogens is 1. The number of nitrogens with two attached hydrogens (primary N) is 1. The summed E-state index contributed by atoms with van der Waals surface area (Å²) in [5, 5.41) is 2.88. The predicted molar refractivity (Wildman–Crippen MR) is 93.0 cm³/mol. The highest BCUT2D eigenvalue weighted by atomic mass is 35.5. The number of unbranched alkanes of at least 4 members (excludes halogenated alkanes) is 1. The molecule has 0 aromatic heterocycles. The maximum atomic E-state index is 11.7. The zero-order chi connectivity index (χ0) is 15.5. The summed E-state index contributed by atoms with van der Waals surface area (Å²) in [6.07, 6.45) is 2.58. The molecule has 0 fully saturated rings. The molecule has 0 aliphatic rings. The second-order valence-corrected chi connectivity index (χ2v) is 5.77. The Morgan fingerprint density at radius 1 is 1.23 bits per heavy atom. The summed E-state index contributed by atoms with van der Waals surface area (Å²) in [6, 6.07) is 9.73. The van der Waals surface area contributed by atoms with Crippen LogP contribution in [0.25, 0.3) is 0 Å². The molecule has 3 N–H and O–H groups in total. The average molecular weight is 329 g/mol. The minimum Gasteiger partial charge on any atom is -0.377 e. The minimum atomic E-state index is -0.390. The lowest BCUT2D eigenvalue weighted by Crippen LogP contribution is -2.41. The van der Waals surface area contributed by atoms with Crippen molar-refractivity contribution in [2.75, 3.05) is 13.2 Å². The number of carbonyl (C=O) groups excluding carboxylic acids is 1. The highest BCUT2D eigenvalue weighted by Crippen LogP contribution is 2.03. The van der Waals surface area contributed by atoms with Gasteiger partial charge in [-0.25, -0.2) is 0 Å². The molecule has 0 aliphatic heterocycles. The third-order valence-electron chi connectivity index (χ3n) is 3.19. The van der Waals surface area contributed by atoms with Crippen molar-refractivity contribution in [3.8, 4) is 0 Å². The van der Waals surface area contributed by atoms with Gasteiger partial charge >= 0.3 is 0 Å². The van der Waals surface area contributed by atoms with Gasteiger partial charge in [-0.15, -0.1) is 12.4 Å². The third-order valence-corrected chi connectivity index (χ3v) is 3.19. The molecule has 1 rings (SSSR count). The molecule has 4 nitrogen and oxygen atoms in total. The van der Waals surface area contributed by atoms with Crippen molar-refractivity contribution < 1.29 is 9.53 Å². The Morgan fingerprint density at radius 2 is 1.91 bits per heavy atom. The van der Waals surface area contributed by atoms with Gasteiger partial charge in [0.1, 0.15) is 0 Å². The molecule has 0 saturated carbocycles. The van der Waals surface area contributed by atoms with Crippen LogP contribution in [0.15, 0.2) is 30.3 Å². The zero-order valence-corrected chi connectivity index (χ0v) is 14.4. The van der Waals surface area contributed by atoms with E-state index in [0.717, 1.165) is 19.3 Å². The van der Waals surface area contributed by atoms with E-state index in [9.17, 15) is 4.79 Å². The number of rotatable bonds is 10. The fourth-order valence-electron chi connectivity index (χ4n) is 2.05. The van der Waals surface area contributed by atoms with Gasteiger partial charge in [0.15, 0.2) is 0 Å². The number of ether oxygens (including phenoxy) is 1. The first kappa shape index (κ1) is 20.9. The molecule has 1 aromatic rings. The highest BCUT2D eigenvalue weighted by molar-refractivity contribution is 5.85. The maximum absolute atomic E-state index is 11.7. The van der Waals surface area contributed by atoms with E-state index in [4.69, 9.17) is 10.5 Å². The number of hydrogen-bond acceptors (Lipinski definition) is 3. The number of amides is 1. The summed E-state index contributed by atoms with van der Waals surface area (Å²) >= 11 is 0. The molecule has 0 bridgehead atoms. The van der Waals surface area contributed by atoms with E-state index in [1.54, 1.807) is 0 Å². The molecular formula is C17H29ClN2O2. The Bertz CT molecular complexity index is 399. The SMILES string of the molecule is CC(C)C[C@H](N)C(=O)NCCCCOCc1ccccc1.Cl. The second-order valence-electron chi connectivity index (χ2n) is 5.77. The number of hydrogen-bond donors (Lipinski definition) is 2. The standard InChI is InChI=1S/C17H28N2O2.ClH/c1-14(2)12-16(18)17(20)19-10-6-7-11-21-13-15-8-4-3-5-9-15;/h3-5,8-9,14,16H,6-7,10-13,18H2,1-2H3,(H,19,20);1H/t16-;/m0./s1. The minimum absolute atomic E-state index is 0. The van der Waals surface area contributed by atoms with Gasteiger partial charge in [-0.05, 0) is 30.7 Å². The molecule has 126 valence electrons. The lowest BCUT2D eigenvalue weighted by atomic mass is 10.0. The van der Waals surface area contributed by atoms with E-state index < -0.39 is 0 Å². The van der Waals surface area contributed by atoms with E-state index in [-0.39, 0.29) is 24.4 Å². The summed E-state index contributed by atoms with van der Waals surface area (Å²) < 4.78 is 5.59. The van der Waals surface area contributed by atoms with Crippen molar-refractivity contribution in [1.29, 1.82) is 0 Å². The quantitative estimate of drug-likeness (QED) is 0.649. The summed E-state index contributed by atoms with van der Waals surface area (Å²) in [4.78, 5) is 11.7. The van der Waals surface area contributed by atoms with Crippen molar-refractivity contribution in [1.82, 2.24) is 5.32 Å². The molecule has 22 heavy (non-hydrogen) atoms. The van der Waals surface area contributed by atoms with Crippen LogP contribution in [0, 0.1) is 5.92 Å². The van der Waals surface area contributed by atoms with Crippen LogP contribution in [-0.2, 0) is 16.1 Å². The smallest absolute Gasteiger partial charge is 0.236 e. The van der Waals surface area contributed by atoms with E-state index in [2.05, 4.69) is 31.3 Å². The molecule has 1 amide bonds. The summed E-state index contributed by atoms with van der Waals surface area (Å²) in [6.45, 7) is 6.16. The normalized spacial score (nSPS) is 11.8. The van der Waals surface area contributed by atoms with E-state index in [0.29, 0.717) is 25.7 Å². The molecule has 1 aromatic carbocycles. The summed E-state index contributed by atoms with van der Waals surface area (Å²) in [5.74, 6) is 0.394. The second kappa shape index (κ2) is 12.4. The van der Waals surface area contributed by atoms with Gasteiger partial charge < -0.3 is 15.8 Å². The largest absolute Gasteiger partial charge is 0.377 e. The Labute approximate surface area is 140 Å². The van der Waals surface area contributed by atoms with Crippen LogP contribution in [-0.4, -0.2) is 25.1 Å². The van der Waals surface area contributed by atoms with Crippen molar-refractivity contribution in [2.45, 2.75) is 45.8 Å². The van der Waals surface area contributed by atoms with Gasteiger partial charge in [0, 0.05) is 13.2 Å². The first-order valence-corrected chi connectivity index (χ1v) is 7.74. The van der Waals surface area contributed by atoms with Crippen LogP contribution < -0.4 is 11.1 Å². The van der Waals surface area contributed by atoms with E-state index in [1.807, 2.05) is 18.2 Å². The Morgan fingerprint density at radius 3 is 2.55 bits per heavy atom. The maximum Gasteiger partial charge on any atom is 0.236 e. The molecule has 1 atom stereocenters. The molecule has 0 aliphatic carbocycles. The first-order valence-electron chi connectivity index (χ1n) is 7.74. The third kappa shape index (κ3) is 9.77. The van der Waals surface area contributed by atoms with Crippen molar-refractivity contribution in [3.63, 3.8) is 0 Å². The molecule has 0 radical (unpaired) electrons. The van der Waals surface area contributed by atoms with Crippen LogP contribution in [0.3, 0.4) is 0 Å². The van der Waals surface area contributed by atoms with Crippen LogP contribution in [0.4, 0.5) is 0 Å². The lowest BCUT2D eigenvalue weighted by molar-refractivity contribution is -0.122. The van der Waals surface area contributed by atoms with E-state index in [1.165, 1.54) is 5.56 Å². The Hall–Kier alpha value is -1.10. The lowest BCUT2D eigenvalue weighted by Gasteiger charge is -2.14. The molecular weight excluding hydrogens is 300 g/mol. The topological polar surface area (TPSA) is 64.4 Å². The van der Waals surface area contributed by atoms with Gasteiger partial charge in [-0.2, -0.15) is 0 Å². The predicted octanol–water partition coefficient (Wildman–Crippen LogP) is 2.89. The molecule has 0 heterocycles. The Balaban J connectivity index is 0.00000441.